The van der Waals surface area contributed by atoms with Crippen molar-refractivity contribution in [1.82, 2.24) is 4.90 Å². The van der Waals surface area contributed by atoms with E-state index in [1.165, 1.54) is 12.1 Å². The largest absolute Gasteiger partial charge is 0.324 e. The summed E-state index contributed by atoms with van der Waals surface area (Å²) in [5.41, 5.74) is 1.66. The molecule has 0 radical (unpaired) electrons. The first-order valence-electron chi connectivity index (χ1n) is 10.4. The number of fused-ring (bicyclic) bond motifs is 2. The van der Waals surface area contributed by atoms with E-state index in [9.17, 15) is 19.7 Å². The van der Waals surface area contributed by atoms with Crippen molar-refractivity contribution in [2.45, 2.75) is 11.5 Å². The number of hydrogen-bond donors (Lipinski definition) is 1. The first-order chi connectivity index (χ1) is 15.4. The number of nitro groups is 1. The van der Waals surface area contributed by atoms with E-state index < -0.39 is 16.4 Å². The van der Waals surface area contributed by atoms with Crippen molar-refractivity contribution in [3.8, 4) is 0 Å². The molecule has 160 valence electrons. The summed E-state index contributed by atoms with van der Waals surface area (Å²) < 4.78 is 0. The third-order valence-corrected chi connectivity index (χ3v) is 6.73. The molecule has 2 aliphatic rings. The minimum Gasteiger partial charge on any atom is -0.324 e. The fourth-order valence-corrected chi connectivity index (χ4v) is 5.32. The first-order valence-corrected chi connectivity index (χ1v) is 10.4. The Balaban J connectivity index is 1.70. The molecule has 3 aromatic rings. The fourth-order valence-electron chi connectivity index (χ4n) is 5.32. The molecule has 2 aliphatic heterocycles. The number of likely N-dealkylation sites (N-methyl/N-ethyl adjacent to an activating group) is 1. The van der Waals surface area contributed by atoms with Gasteiger partial charge in [-0.25, -0.2) is 0 Å². The minimum absolute atomic E-state index is 0.00953. The molecule has 0 aromatic heterocycles. The van der Waals surface area contributed by atoms with E-state index in [4.69, 9.17) is 0 Å². The number of ketones is 1. The van der Waals surface area contributed by atoms with Crippen molar-refractivity contribution >= 4 is 23.1 Å². The maximum Gasteiger partial charge on any atom is 0.269 e. The average molecular weight is 427 g/mol. The van der Waals surface area contributed by atoms with Crippen molar-refractivity contribution in [3.05, 3.63) is 106 Å². The van der Waals surface area contributed by atoms with Gasteiger partial charge in [-0.05, 0) is 18.7 Å². The van der Waals surface area contributed by atoms with Gasteiger partial charge < -0.3 is 5.32 Å². The van der Waals surface area contributed by atoms with Gasteiger partial charge >= 0.3 is 0 Å². The van der Waals surface area contributed by atoms with E-state index >= 15 is 0 Å². The molecule has 0 bridgehead atoms. The second-order valence-corrected chi connectivity index (χ2v) is 8.31. The van der Waals surface area contributed by atoms with E-state index in [-0.39, 0.29) is 23.3 Å². The summed E-state index contributed by atoms with van der Waals surface area (Å²) in [6, 6.07) is 22.8. The lowest BCUT2D eigenvalue weighted by molar-refractivity contribution is -0.384. The molecular formula is C25H21N3O4. The van der Waals surface area contributed by atoms with E-state index in [2.05, 4.69) is 5.32 Å². The van der Waals surface area contributed by atoms with Crippen LogP contribution in [-0.2, 0) is 10.3 Å². The van der Waals surface area contributed by atoms with Crippen LogP contribution in [0.1, 0.15) is 27.4 Å². The topological polar surface area (TPSA) is 92.5 Å². The highest BCUT2D eigenvalue weighted by atomic mass is 16.6. The lowest BCUT2D eigenvalue weighted by Gasteiger charge is -2.35. The molecule has 1 spiro atoms. The summed E-state index contributed by atoms with van der Waals surface area (Å²) in [5, 5.41) is 14.1. The Labute approximate surface area is 184 Å². The van der Waals surface area contributed by atoms with Crippen LogP contribution in [0.5, 0.6) is 0 Å². The van der Waals surface area contributed by atoms with Crippen LogP contribution >= 0.6 is 0 Å². The molecular weight excluding hydrogens is 406 g/mol. The zero-order chi connectivity index (χ0) is 22.5. The molecule has 0 saturated carbocycles. The molecule has 1 N–H and O–H groups in total. The molecule has 7 heteroatoms. The first kappa shape index (κ1) is 20.1. The predicted molar refractivity (Wildman–Crippen MR) is 119 cm³/mol. The molecule has 1 saturated heterocycles. The molecule has 7 nitrogen and oxygen atoms in total. The van der Waals surface area contributed by atoms with Crippen LogP contribution in [0.2, 0.25) is 0 Å². The molecule has 5 rings (SSSR count). The maximum absolute atomic E-state index is 14.0. The number of rotatable bonds is 4. The van der Waals surface area contributed by atoms with Crippen molar-refractivity contribution in [1.29, 1.82) is 0 Å². The number of hydrogen-bond acceptors (Lipinski definition) is 5. The summed E-state index contributed by atoms with van der Waals surface area (Å²) in [4.78, 5) is 40.1. The SMILES string of the molecule is CN1C[C@H](c2ccc([N+](=O)[O-])cc2)[C@@H](C(=O)c2ccccc2)[C@@]12C(=O)Nc1ccccc12. The summed E-state index contributed by atoms with van der Waals surface area (Å²) in [5.74, 6) is -1.35. The lowest BCUT2D eigenvalue weighted by atomic mass is 9.70. The Bertz CT molecular complexity index is 1230. The number of Topliss-reactive ketones (excluding diaryl/α,β-unsaturated/α-hetero) is 1. The third kappa shape index (κ3) is 2.78. The van der Waals surface area contributed by atoms with Gasteiger partial charge in [-0.1, -0.05) is 60.7 Å². The number of likely N-dealkylation sites (tertiary alicyclic amines) is 1. The van der Waals surface area contributed by atoms with Crippen molar-refractivity contribution in [3.63, 3.8) is 0 Å². The van der Waals surface area contributed by atoms with Crippen LogP contribution < -0.4 is 5.32 Å². The standard InChI is InChI=1S/C25H21N3O4/c1-27-15-19(16-11-13-18(14-12-16)28(31)32)22(23(29)17-7-3-2-4-8-17)25(27)20-9-5-6-10-21(20)26-24(25)30/h2-14,19,22H,15H2,1H3,(H,26,30)/t19-,22+,25+/m1/s1. The van der Waals surface area contributed by atoms with Gasteiger partial charge in [-0.3, -0.25) is 24.6 Å². The van der Waals surface area contributed by atoms with Crippen LogP contribution in [0.3, 0.4) is 0 Å². The Hall–Kier alpha value is -3.84. The number of nitro benzene ring substituents is 1. The van der Waals surface area contributed by atoms with Gasteiger partial charge in [-0.2, -0.15) is 0 Å². The molecule has 0 aliphatic carbocycles. The third-order valence-electron chi connectivity index (χ3n) is 6.73. The number of anilines is 1. The van der Waals surface area contributed by atoms with Crippen molar-refractivity contribution < 1.29 is 14.5 Å². The van der Waals surface area contributed by atoms with E-state index in [1.54, 1.807) is 24.3 Å². The molecule has 0 unspecified atom stereocenters. The Morgan fingerprint density at radius 2 is 1.69 bits per heavy atom. The van der Waals surface area contributed by atoms with Crippen LogP contribution in [0.4, 0.5) is 11.4 Å². The van der Waals surface area contributed by atoms with Crippen LogP contribution in [-0.4, -0.2) is 35.1 Å². The van der Waals surface area contributed by atoms with E-state index in [1.807, 2.05) is 54.4 Å². The van der Waals surface area contributed by atoms with Crippen molar-refractivity contribution in [2.24, 2.45) is 5.92 Å². The number of nitrogens with zero attached hydrogens (tertiary/aromatic N) is 2. The second-order valence-electron chi connectivity index (χ2n) is 8.31. The zero-order valence-corrected chi connectivity index (χ0v) is 17.4. The van der Waals surface area contributed by atoms with E-state index in [0.717, 1.165) is 11.1 Å². The minimum atomic E-state index is -1.16. The zero-order valence-electron chi connectivity index (χ0n) is 17.4. The number of para-hydroxylation sites is 1. The van der Waals surface area contributed by atoms with Gasteiger partial charge in [0.2, 0.25) is 5.91 Å². The quantitative estimate of drug-likeness (QED) is 0.386. The number of nitrogens with one attached hydrogen (secondary N) is 1. The van der Waals surface area contributed by atoms with Gasteiger partial charge in [0.05, 0.1) is 10.8 Å². The second kappa shape index (κ2) is 7.39. The monoisotopic (exact) mass is 427 g/mol. The van der Waals surface area contributed by atoms with Crippen molar-refractivity contribution in [2.75, 3.05) is 18.9 Å². The summed E-state index contributed by atoms with van der Waals surface area (Å²) in [7, 11) is 1.86. The molecule has 2 heterocycles. The molecule has 3 atom stereocenters. The van der Waals surface area contributed by atoms with Crippen LogP contribution in [0.15, 0.2) is 78.9 Å². The predicted octanol–water partition coefficient (Wildman–Crippen LogP) is 3.97. The Kier molecular flexibility index (Phi) is 4.64. The number of carbonyl (C=O) groups excluding carboxylic acids is 2. The summed E-state index contributed by atoms with van der Waals surface area (Å²) in [6.07, 6.45) is 0. The fraction of sp³-hybridized carbons (Fsp3) is 0.200. The summed E-state index contributed by atoms with van der Waals surface area (Å²) >= 11 is 0. The Morgan fingerprint density at radius 1 is 1.03 bits per heavy atom. The molecule has 32 heavy (non-hydrogen) atoms. The number of carbonyl (C=O) groups is 2. The number of amides is 1. The highest BCUT2D eigenvalue weighted by Gasteiger charge is 2.64. The van der Waals surface area contributed by atoms with Crippen LogP contribution in [0.25, 0.3) is 0 Å². The van der Waals surface area contributed by atoms with Gasteiger partial charge in [0.1, 0.15) is 5.54 Å². The highest BCUT2D eigenvalue weighted by molar-refractivity contribution is 6.12. The lowest BCUT2D eigenvalue weighted by Crippen LogP contribution is -2.51. The molecule has 1 amide bonds. The van der Waals surface area contributed by atoms with Gasteiger partial charge in [0, 0.05) is 41.4 Å². The normalized spacial score (nSPS) is 24.3. The van der Waals surface area contributed by atoms with Gasteiger partial charge in [0.15, 0.2) is 5.78 Å². The average Bonchev–Trinajstić information content (AvgIpc) is 3.29. The molecule has 1 fully saturated rings. The van der Waals surface area contributed by atoms with E-state index in [0.29, 0.717) is 17.8 Å². The van der Waals surface area contributed by atoms with Gasteiger partial charge in [-0.15, -0.1) is 0 Å². The maximum atomic E-state index is 14.0. The number of non-ortho nitro benzene ring substituents is 1. The van der Waals surface area contributed by atoms with Gasteiger partial charge in [0.25, 0.3) is 5.69 Å². The van der Waals surface area contributed by atoms with Crippen LogP contribution in [0, 0.1) is 16.0 Å². The summed E-state index contributed by atoms with van der Waals surface area (Å²) in [6.45, 7) is 0.461. The Morgan fingerprint density at radius 3 is 2.38 bits per heavy atom. The molecule has 3 aromatic carbocycles. The highest BCUT2D eigenvalue weighted by Crippen LogP contribution is 2.55. The smallest absolute Gasteiger partial charge is 0.269 e. The number of benzene rings is 3.